The molecule has 0 spiro atoms. The number of hydrogen-bond donors (Lipinski definition) is 1. The Kier molecular flexibility index (Phi) is 2.64. The molecule has 1 aliphatic heterocycles. The van der Waals surface area contributed by atoms with E-state index < -0.39 is 0 Å². The summed E-state index contributed by atoms with van der Waals surface area (Å²) in [5.41, 5.74) is 2.12. The highest BCUT2D eigenvalue weighted by atomic mass is 16.5. The van der Waals surface area contributed by atoms with Gasteiger partial charge in [-0.05, 0) is 11.6 Å². The van der Waals surface area contributed by atoms with E-state index in [1.165, 1.54) is 18.7 Å². The van der Waals surface area contributed by atoms with Crippen molar-refractivity contribution in [3.63, 3.8) is 0 Å². The third kappa shape index (κ3) is 2.02. The maximum absolute atomic E-state index is 11.9. The fourth-order valence-corrected chi connectivity index (χ4v) is 1.97. The van der Waals surface area contributed by atoms with Crippen LogP contribution in [-0.2, 0) is 11.2 Å². The Morgan fingerprint density at radius 3 is 2.83 bits per heavy atom. The largest absolute Gasteiger partial charge is 0.422 e. The number of nitrogens with zero attached hydrogens (tertiary/aromatic N) is 2. The number of carbonyl (C=O) groups is 1. The first-order valence-corrected chi connectivity index (χ1v) is 5.64. The minimum atomic E-state index is -0.345. The van der Waals surface area contributed by atoms with Gasteiger partial charge in [-0.1, -0.05) is 18.2 Å². The van der Waals surface area contributed by atoms with Crippen molar-refractivity contribution >= 4 is 11.7 Å². The van der Waals surface area contributed by atoms with Gasteiger partial charge in [-0.2, -0.15) is 0 Å². The molecular weight excluding hydrogens is 230 g/mol. The molecule has 5 heteroatoms. The molecule has 1 aromatic carbocycles. The molecule has 3 rings (SSSR count). The van der Waals surface area contributed by atoms with Crippen molar-refractivity contribution in [1.82, 2.24) is 9.97 Å². The maximum Gasteiger partial charge on any atom is 0.334 e. The number of aromatic nitrogens is 2. The van der Waals surface area contributed by atoms with Gasteiger partial charge in [0.15, 0.2) is 5.75 Å². The normalized spacial score (nSPS) is 16.8. The van der Waals surface area contributed by atoms with Gasteiger partial charge in [0.1, 0.15) is 12.4 Å². The van der Waals surface area contributed by atoms with Crippen LogP contribution in [-0.4, -0.2) is 22.0 Å². The first kappa shape index (κ1) is 10.7. The average molecular weight is 241 g/mol. The molecule has 1 N–H and O–H groups in total. The number of carbonyl (C=O) groups excluding carboxylic acids is 1. The van der Waals surface area contributed by atoms with Crippen molar-refractivity contribution in [3.8, 4) is 5.75 Å². The topological polar surface area (TPSA) is 64.1 Å². The van der Waals surface area contributed by atoms with Gasteiger partial charge in [0.05, 0.1) is 12.4 Å². The van der Waals surface area contributed by atoms with E-state index in [0.29, 0.717) is 12.2 Å². The van der Waals surface area contributed by atoms with Crippen LogP contribution in [0.5, 0.6) is 5.75 Å². The van der Waals surface area contributed by atoms with Gasteiger partial charge in [0.25, 0.3) is 0 Å². The van der Waals surface area contributed by atoms with Crippen LogP contribution in [0.1, 0.15) is 5.56 Å². The second-order valence-electron chi connectivity index (χ2n) is 4.05. The Morgan fingerprint density at radius 1 is 1.28 bits per heavy atom. The fourth-order valence-electron chi connectivity index (χ4n) is 1.97. The summed E-state index contributed by atoms with van der Waals surface area (Å²) in [6.07, 6.45) is 4.96. The SMILES string of the molecule is O=C(Oc1cncnc1)C1Cc2ccccc2N1. The molecule has 0 radical (unpaired) electrons. The molecule has 0 fully saturated rings. The summed E-state index contributed by atoms with van der Waals surface area (Å²) in [7, 11) is 0. The highest BCUT2D eigenvalue weighted by molar-refractivity contribution is 5.84. The second kappa shape index (κ2) is 4.44. The van der Waals surface area contributed by atoms with Crippen LogP contribution in [0.2, 0.25) is 0 Å². The molecule has 1 unspecified atom stereocenters. The van der Waals surface area contributed by atoms with Gasteiger partial charge in [-0.3, -0.25) is 0 Å². The zero-order valence-corrected chi connectivity index (χ0v) is 9.54. The molecular formula is C13H11N3O2. The average Bonchev–Trinajstić information content (AvgIpc) is 2.84. The maximum atomic E-state index is 11.9. The Morgan fingerprint density at radius 2 is 2.06 bits per heavy atom. The Bertz CT molecular complexity index is 546. The summed E-state index contributed by atoms with van der Waals surface area (Å²) >= 11 is 0. The molecule has 18 heavy (non-hydrogen) atoms. The van der Waals surface area contributed by atoms with E-state index >= 15 is 0 Å². The smallest absolute Gasteiger partial charge is 0.334 e. The highest BCUT2D eigenvalue weighted by Gasteiger charge is 2.27. The van der Waals surface area contributed by atoms with Crippen molar-refractivity contribution in [2.75, 3.05) is 5.32 Å². The number of fused-ring (bicyclic) bond motifs is 1. The van der Waals surface area contributed by atoms with E-state index in [1.54, 1.807) is 0 Å². The Balaban J connectivity index is 1.70. The monoisotopic (exact) mass is 241 g/mol. The van der Waals surface area contributed by atoms with Crippen molar-refractivity contribution in [2.45, 2.75) is 12.5 Å². The number of hydrogen-bond acceptors (Lipinski definition) is 5. The summed E-state index contributed by atoms with van der Waals surface area (Å²) in [5.74, 6) is 0.0428. The Labute approximate surface area is 104 Å². The number of ether oxygens (including phenoxy) is 1. The van der Waals surface area contributed by atoms with Crippen LogP contribution in [0.25, 0.3) is 0 Å². The zero-order valence-electron chi connectivity index (χ0n) is 9.54. The molecule has 1 atom stereocenters. The predicted octanol–water partition coefficient (Wildman–Crippen LogP) is 1.42. The van der Waals surface area contributed by atoms with Crippen molar-refractivity contribution in [1.29, 1.82) is 0 Å². The van der Waals surface area contributed by atoms with Crippen molar-refractivity contribution < 1.29 is 9.53 Å². The molecule has 5 nitrogen and oxygen atoms in total. The van der Waals surface area contributed by atoms with Crippen LogP contribution in [0.4, 0.5) is 5.69 Å². The molecule has 0 bridgehead atoms. The molecule has 0 aliphatic carbocycles. The Hall–Kier alpha value is -2.43. The minimum absolute atomic E-state index is 0.319. The summed E-state index contributed by atoms with van der Waals surface area (Å²) in [5, 5.41) is 3.14. The second-order valence-corrected chi connectivity index (χ2v) is 4.05. The number of para-hydroxylation sites is 1. The molecule has 1 aromatic heterocycles. The summed E-state index contributed by atoms with van der Waals surface area (Å²) in [6.45, 7) is 0. The molecule has 2 heterocycles. The predicted molar refractivity (Wildman–Crippen MR) is 65.2 cm³/mol. The third-order valence-electron chi connectivity index (χ3n) is 2.81. The molecule has 90 valence electrons. The molecule has 0 amide bonds. The van der Waals surface area contributed by atoms with Gasteiger partial charge < -0.3 is 10.1 Å². The number of benzene rings is 1. The third-order valence-corrected chi connectivity index (χ3v) is 2.81. The van der Waals surface area contributed by atoms with Gasteiger partial charge in [0.2, 0.25) is 0 Å². The molecule has 1 aliphatic rings. The number of rotatable bonds is 2. The minimum Gasteiger partial charge on any atom is -0.422 e. The van der Waals surface area contributed by atoms with E-state index in [-0.39, 0.29) is 12.0 Å². The van der Waals surface area contributed by atoms with Crippen LogP contribution in [0, 0.1) is 0 Å². The first-order chi connectivity index (χ1) is 8.83. The zero-order chi connectivity index (χ0) is 12.4. The van der Waals surface area contributed by atoms with Gasteiger partial charge in [-0.25, -0.2) is 14.8 Å². The lowest BCUT2D eigenvalue weighted by Gasteiger charge is -2.10. The lowest BCUT2D eigenvalue weighted by molar-refractivity contribution is -0.135. The van der Waals surface area contributed by atoms with E-state index in [0.717, 1.165) is 11.3 Å². The van der Waals surface area contributed by atoms with E-state index in [9.17, 15) is 4.79 Å². The van der Waals surface area contributed by atoms with E-state index in [2.05, 4.69) is 15.3 Å². The fraction of sp³-hybridized carbons (Fsp3) is 0.154. The van der Waals surface area contributed by atoms with Crippen LogP contribution in [0.15, 0.2) is 43.0 Å². The number of esters is 1. The molecule has 0 saturated carbocycles. The van der Waals surface area contributed by atoms with Crippen LogP contribution >= 0.6 is 0 Å². The van der Waals surface area contributed by atoms with Crippen molar-refractivity contribution in [3.05, 3.63) is 48.5 Å². The summed E-state index contributed by atoms with van der Waals surface area (Å²) in [4.78, 5) is 19.5. The summed E-state index contributed by atoms with van der Waals surface area (Å²) < 4.78 is 5.20. The van der Waals surface area contributed by atoms with Crippen LogP contribution in [0.3, 0.4) is 0 Å². The van der Waals surface area contributed by atoms with Gasteiger partial charge >= 0.3 is 5.97 Å². The van der Waals surface area contributed by atoms with Crippen molar-refractivity contribution in [2.24, 2.45) is 0 Å². The van der Waals surface area contributed by atoms with E-state index in [4.69, 9.17) is 4.74 Å². The number of nitrogens with one attached hydrogen (secondary N) is 1. The van der Waals surface area contributed by atoms with Crippen LogP contribution < -0.4 is 10.1 Å². The van der Waals surface area contributed by atoms with E-state index in [1.807, 2.05) is 24.3 Å². The molecule has 0 saturated heterocycles. The van der Waals surface area contributed by atoms with Gasteiger partial charge in [-0.15, -0.1) is 0 Å². The summed E-state index contributed by atoms with van der Waals surface area (Å²) in [6, 6.07) is 7.50. The molecule has 2 aromatic rings. The standard InChI is InChI=1S/C13H11N3O2/c17-13(18-10-6-14-8-15-7-10)12-5-9-3-1-2-4-11(9)16-12/h1-4,6-8,12,16H,5H2. The lowest BCUT2D eigenvalue weighted by atomic mass is 10.1. The quantitative estimate of drug-likeness (QED) is 0.805. The number of anilines is 1. The lowest BCUT2D eigenvalue weighted by Crippen LogP contribution is -2.31. The highest BCUT2D eigenvalue weighted by Crippen LogP contribution is 2.25. The first-order valence-electron chi connectivity index (χ1n) is 5.64. The van der Waals surface area contributed by atoms with Gasteiger partial charge in [0, 0.05) is 12.1 Å².